The van der Waals surface area contributed by atoms with Crippen molar-refractivity contribution in [2.75, 3.05) is 5.73 Å². The van der Waals surface area contributed by atoms with Crippen LogP contribution in [0.4, 0.5) is 5.82 Å². The largest absolute Gasteiger partial charge is 0.384 e. The fraction of sp³-hybridized carbons (Fsp3) is 0.444. The Morgan fingerprint density at radius 1 is 1.53 bits per heavy atom. The minimum Gasteiger partial charge on any atom is -0.384 e. The standard InChI is InChI=1S/C9H13N5O/c1-3-4-14-8-6(5-11-14)7(10)13(2)9(15)12-8/h5H,3-4,10H2,1-2H3. The van der Waals surface area contributed by atoms with E-state index in [2.05, 4.69) is 10.1 Å². The van der Waals surface area contributed by atoms with Gasteiger partial charge in [-0.15, -0.1) is 0 Å². The summed E-state index contributed by atoms with van der Waals surface area (Å²) in [7, 11) is 1.60. The molecule has 6 heteroatoms. The third kappa shape index (κ3) is 1.38. The molecule has 0 saturated heterocycles. The predicted octanol–water partition coefficient (Wildman–Crippen LogP) is 0.122. The molecule has 0 amide bonds. The van der Waals surface area contributed by atoms with Crippen LogP contribution in [0.5, 0.6) is 0 Å². The number of hydrogen-bond acceptors (Lipinski definition) is 4. The Morgan fingerprint density at radius 2 is 2.27 bits per heavy atom. The van der Waals surface area contributed by atoms with Crippen LogP contribution in [-0.4, -0.2) is 19.3 Å². The Labute approximate surface area is 86.3 Å². The lowest BCUT2D eigenvalue weighted by Crippen LogP contribution is -2.23. The maximum Gasteiger partial charge on any atom is 0.350 e. The normalized spacial score (nSPS) is 11.1. The molecule has 2 aromatic rings. The average Bonchev–Trinajstić information content (AvgIpc) is 2.59. The van der Waals surface area contributed by atoms with E-state index in [1.807, 2.05) is 6.92 Å². The van der Waals surface area contributed by atoms with Crippen molar-refractivity contribution in [3.63, 3.8) is 0 Å². The number of fused-ring (bicyclic) bond motifs is 1. The van der Waals surface area contributed by atoms with Gasteiger partial charge in [0.2, 0.25) is 0 Å². The number of aromatic nitrogens is 4. The van der Waals surface area contributed by atoms with Gasteiger partial charge >= 0.3 is 5.69 Å². The summed E-state index contributed by atoms with van der Waals surface area (Å²) in [6, 6.07) is 0. The Hall–Kier alpha value is -1.85. The van der Waals surface area contributed by atoms with Crippen LogP contribution in [0.1, 0.15) is 13.3 Å². The molecule has 0 aliphatic heterocycles. The SMILES string of the molecule is CCCn1ncc2c(N)n(C)c(=O)nc21. The van der Waals surface area contributed by atoms with E-state index in [9.17, 15) is 4.79 Å². The second-order valence-corrected chi connectivity index (χ2v) is 3.44. The summed E-state index contributed by atoms with van der Waals surface area (Å²) in [5.74, 6) is 0.410. The van der Waals surface area contributed by atoms with Crippen molar-refractivity contribution in [1.29, 1.82) is 0 Å². The molecule has 0 spiro atoms. The highest BCUT2D eigenvalue weighted by molar-refractivity contribution is 5.84. The van der Waals surface area contributed by atoms with Gasteiger partial charge in [0.15, 0.2) is 5.65 Å². The first-order valence-electron chi connectivity index (χ1n) is 4.83. The summed E-state index contributed by atoms with van der Waals surface area (Å²) in [4.78, 5) is 15.4. The molecule has 2 heterocycles. The van der Waals surface area contributed by atoms with Crippen LogP contribution >= 0.6 is 0 Å². The smallest absolute Gasteiger partial charge is 0.350 e. The van der Waals surface area contributed by atoms with Crippen molar-refractivity contribution >= 4 is 16.9 Å². The Kier molecular flexibility index (Phi) is 2.18. The first-order valence-corrected chi connectivity index (χ1v) is 4.83. The number of hydrogen-bond donors (Lipinski definition) is 1. The number of anilines is 1. The van der Waals surface area contributed by atoms with Gasteiger partial charge in [-0.05, 0) is 6.42 Å². The molecule has 0 atom stereocenters. The number of nitrogens with two attached hydrogens (primary N) is 1. The average molecular weight is 207 g/mol. The van der Waals surface area contributed by atoms with E-state index in [0.717, 1.165) is 18.4 Å². The molecule has 0 aliphatic rings. The molecule has 0 bridgehead atoms. The highest BCUT2D eigenvalue weighted by atomic mass is 16.1. The predicted molar refractivity (Wildman–Crippen MR) is 57.5 cm³/mol. The van der Waals surface area contributed by atoms with E-state index in [1.165, 1.54) is 4.57 Å². The van der Waals surface area contributed by atoms with Crippen molar-refractivity contribution < 1.29 is 0 Å². The number of aryl methyl sites for hydroxylation is 1. The van der Waals surface area contributed by atoms with E-state index < -0.39 is 0 Å². The van der Waals surface area contributed by atoms with Gasteiger partial charge in [0, 0.05) is 13.6 Å². The summed E-state index contributed by atoms with van der Waals surface area (Å²) in [5, 5.41) is 4.88. The minimum atomic E-state index is -0.349. The van der Waals surface area contributed by atoms with Crippen LogP contribution in [0.15, 0.2) is 11.0 Å². The summed E-state index contributed by atoms with van der Waals surface area (Å²) >= 11 is 0. The highest BCUT2D eigenvalue weighted by Gasteiger charge is 2.10. The van der Waals surface area contributed by atoms with Crippen molar-refractivity contribution in [3.8, 4) is 0 Å². The van der Waals surface area contributed by atoms with E-state index in [-0.39, 0.29) is 5.69 Å². The zero-order chi connectivity index (χ0) is 11.0. The Balaban J connectivity index is 2.77. The summed E-state index contributed by atoms with van der Waals surface area (Å²) < 4.78 is 3.02. The quantitative estimate of drug-likeness (QED) is 0.758. The van der Waals surface area contributed by atoms with Crippen LogP contribution in [0.2, 0.25) is 0 Å². The molecule has 2 rings (SSSR count). The number of rotatable bonds is 2. The second-order valence-electron chi connectivity index (χ2n) is 3.44. The third-order valence-corrected chi connectivity index (χ3v) is 2.37. The summed E-state index contributed by atoms with van der Waals surface area (Å²) in [6.45, 7) is 2.78. The molecule has 0 aromatic carbocycles. The maximum absolute atomic E-state index is 11.4. The lowest BCUT2D eigenvalue weighted by Gasteiger charge is -2.03. The van der Waals surface area contributed by atoms with E-state index >= 15 is 0 Å². The molecule has 2 N–H and O–H groups in total. The number of nitrogens with zero attached hydrogens (tertiary/aromatic N) is 4. The van der Waals surface area contributed by atoms with Gasteiger partial charge in [-0.1, -0.05) is 6.92 Å². The zero-order valence-electron chi connectivity index (χ0n) is 8.77. The minimum absolute atomic E-state index is 0.349. The van der Waals surface area contributed by atoms with E-state index in [4.69, 9.17) is 5.73 Å². The summed E-state index contributed by atoms with van der Waals surface area (Å²) in [6.07, 6.45) is 2.58. The van der Waals surface area contributed by atoms with Gasteiger partial charge in [-0.25, -0.2) is 9.48 Å². The monoisotopic (exact) mass is 207 g/mol. The Bertz CT molecular complexity index is 553. The van der Waals surface area contributed by atoms with Crippen molar-refractivity contribution in [1.82, 2.24) is 19.3 Å². The zero-order valence-corrected chi connectivity index (χ0v) is 8.77. The fourth-order valence-corrected chi connectivity index (χ4v) is 1.50. The molecule has 80 valence electrons. The van der Waals surface area contributed by atoms with Gasteiger partial charge in [0.1, 0.15) is 5.82 Å². The molecular weight excluding hydrogens is 194 g/mol. The van der Waals surface area contributed by atoms with Crippen LogP contribution in [-0.2, 0) is 13.6 Å². The van der Waals surface area contributed by atoms with E-state index in [0.29, 0.717) is 11.5 Å². The fourth-order valence-electron chi connectivity index (χ4n) is 1.50. The molecule has 6 nitrogen and oxygen atoms in total. The molecule has 0 saturated carbocycles. The van der Waals surface area contributed by atoms with Crippen molar-refractivity contribution in [3.05, 3.63) is 16.7 Å². The molecule has 0 unspecified atom stereocenters. The van der Waals surface area contributed by atoms with Gasteiger partial charge in [0.25, 0.3) is 0 Å². The van der Waals surface area contributed by atoms with Crippen LogP contribution in [0, 0.1) is 0 Å². The van der Waals surface area contributed by atoms with Crippen LogP contribution < -0.4 is 11.4 Å². The molecule has 0 radical (unpaired) electrons. The number of nitrogen functional groups attached to an aromatic ring is 1. The summed E-state index contributed by atoms with van der Waals surface area (Å²) in [5.41, 5.74) is 6.02. The second kappa shape index (κ2) is 3.38. The van der Waals surface area contributed by atoms with Gasteiger partial charge in [-0.2, -0.15) is 10.1 Å². The van der Waals surface area contributed by atoms with Gasteiger partial charge in [-0.3, -0.25) is 4.57 Å². The van der Waals surface area contributed by atoms with Crippen LogP contribution in [0.25, 0.3) is 11.0 Å². The maximum atomic E-state index is 11.4. The molecule has 0 aliphatic carbocycles. The van der Waals surface area contributed by atoms with Gasteiger partial charge < -0.3 is 5.73 Å². The van der Waals surface area contributed by atoms with Crippen LogP contribution in [0.3, 0.4) is 0 Å². The first-order chi connectivity index (χ1) is 7.15. The third-order valence-electron chi connectivity index (χ3n) is 2.37. The lowest BCUT2D eigenvalue weighted by molar-refractivity contribution is 0.615. The van der Waals surface area contributed by atoms with Gasteiger partial charge in [0.05, 0.1) is 11.6 Å². The molecular formula is C9H13N5O. The molecule has 2 aromatic heterocycles. The topological polar surface area (TPSA) is 78.7 Å². The Morgan fingerprint density at radius 3 is 2.93 bits per heavy atom. The van der Waals surface area contributed by atoms with E-state index in [1.54, 1.807) is 17.9 Å². The molecule has 0 fully saturated rings. The lowest BCUT2D eigenvalue weighted by atomic mass is 10.4. The first kappa shape index (κ1) is 9.70. The van der Waals surface area contributed by atoms with Crippen molar-refractivity contribution in [2.45, 2.75) is 19.9 Å². The van der Waals surface area contributed by atoms with Crippen molar-refractivity contribution in [2.24, 2.45) is 7.05 Å². The highest BCUT2D eigenvalue weighted by Crippen LogP contribution is 2.15. The molecule has 15 heavy (non-hydrogen) atoms.